The normalized spacial score (nSPS) is 26.6. The third-order valence-corrected chi connectivity index (χ3v) is 10.2. The quantitative estimate of drug-likeness (QED) is 0.0273. The number of aliphatic hydroxyl groups excluding tert-OH is 12. The molecule has 0 aliphatic carbocycles. The van der Waals surface area contributed by atoms with Crippen molar-refractivity contribution in [3.8, 4) is 0 Å². The highest BCUT2D eigenvalue weighted by Gasteiger charge is 2.44. The van der Waals surface area contributed by atoms with Gasteiger partial charge in [0, 0.05) is 31.7 Å². The number of nitrogens with two attached hydrogens (primary N) is 1. The van der Waals surface area contributed by atoms with Crippen molar-refractivity contribution < 1.29 is 80.3 Å². The van der Waals surface area contributed by atoms with Crippen LogP contribution < -0.4 is 11.1 Å². The third-order valence-electron chi connectivity index (χ3n) is 10.2. The van der Waals surface area contributed by atoms with Crippen LogP contribution in [0.2, 0.25) is 0 Å². The zero-order chi connectivity index (χ0) is 44.1. The lowest BCUT2D eigenvalue weighted by molar-refractivity contribution is -0.306. The first-order chi connectivity index (χ1) is 27.1. The fraction of sp³-hybridized carbons (Fsp3) is 0.850. The highest BCUT2D eigenvalue weighted by Crippen LogP contribution is 2.26. The molecule has 18 heteroatoms. The molecular weight excluding hydrogens is 764 g/mol. The van der Waals surface area contributed by atoms with Crippen molar-refractivity contribution in [2.24, 2.45) is 11.7 Å². The molecule has 340 valence electrons. The van der Waals surface area contributed by atoms with E-state index in [0.29, 0.717) is 25.8 Å². The van der Waals surface area contributed by atoms with Gasteiger partial charge in [0.2, 0.25) is 5.91 Å². The Balaban J connectivity index is 2.34. The van der Waals surface area contributed by atoms with Gasteiger partial charge < -0.3 is 81.8 Å². The zero-order valence-electron chi connectivity index (χ0n) is 34.4. The fourth-order valence-electron chi connectivity index (χ4n) is 6.64. The smallest absolute Gasteiger partial charge is 0.236 e. The van der Waals surface area contributed by atoms with Gasteiger partial charge in [0.25, 0.3) is 0 Å². The van der Waals surface area contributed by atoms with Gasteiger partial charge in [-0.15, -0.1) is 0 Å². The molecule has 15 N–H and O–H groups in total. The Bertz CT molecular complexity index is 1200. The summed E-state index contributed by atoms with van der Waals surface area (Å²) in [5, 5.41) is 125. The van der Waals surface area contributed by atoms with Crippen molar-refractivity contribution in [3.63, 3.8) is 0 Å². The zero-order valence-corrected chi connectivity index (χ0v) is 34.4. The number of nitrogens with one attached hydrogen (secondary N) is 1. The van der Waals surface area contributed by atoms with Crippen LogP contribution in [-0.4, -0.2) is 177 Å². The highest BCUT2D eigenvalue weighted by atomic mass is 16.7. The maximum absolute atomic E-state index is 12.9. The van der Waals surface area contributed by atoms with Crippen LogP contribution in [0.3, 0.4) is 0 Å². The minimum atomic E-state index is -1.53. The lowest BCUT2D eigenvalue weighted by atomic mass is 9.91. The molecule has 0 bridgehead atoms. The van der Waals surface area contributed by atoms with Crippen LogP contribution in [0.25, 0.3) is 0 Å². The lowest BCUT2D eigenvalue weighted by Crippen LogP contribution is -2.58. The molecule has 0 aromatic rings. The second kappa shape index (κ2) is 28.5. The van der Waals surface area contributed by atoms with Gasteiger partial charge in [0.1, 0.15) is 24.1 Å². The minimum Gasteiger partial charge on any atom is -0.393 e. The molecule has 0 aromatic heterocycles. The van der Waals surface area contributed by atoms with Gasteiger partial charge in [-0.05, 0) is 71.6 Å². The summed E-state index contributed by atoms with van der Waals surface area (Å²) in [6, 6.07) is -0.617. The Labute approximate surface area is 342 Å². The second-order valence-electron chi connectivity index (χ2n) is 15.9. The van der Waals surface area contributed by atoms with Crippen molar-refractivity contribution in [1.29, 1.82) is 0 Å². The van der Waals surface area contributed by atoms with Crippen LogP contribution in [0.5, 0.6) is 0 Å². The van der Waals surface area contributed by atoms with E-state index in [4.69, 9.17) is 15.2 Å². The molecule has 1 saturated heterocycles. The van der Waals surface area contributed by atoms with E-state index in [0.717, 1.165) is 0 Å². The molecule has 1 rings (SSSR count). The number of hydrogen-bond acceptors (Lipinski definition) is 17. The molecule has 1 aliphatic heterocycles. The first-order valence-electron chi connectivity index (χ1n) is 20.5. The molecule has 17 unspecified atom stereocenters. The van der Waals surface area contributed by atoms with E-state index in [2.05, 4.69) is 5.32 Å². The van der Waals surface area contributed by atoms with Crippen LogP contribution in [0.4, 0.5) is 0 Å². The first-order valence-corrected chi connectivity index (χ1v) is 20.5. The standard InChI is InChI=1S/C40H74N2O16/c1-5-35(58-40-38(55)37(54)36(53)24(4)57-40)22(2)34(52)21-33(51)20-32(50)18-28(46)12-7-11-27(45)17-31(49)19-30(48)16-26(44)10-6-9-25(43)15-29(47)13-8-14-42-39(56)23(3)41/h6-7,10,12,22-33,35-38,40,43-51,53-55H,5,8-9,11,13-21,41H2,1-4H3,(H,42,56). The Kier molecular flexibility index (Phi) is 26.6. The Morgan fingerprint density at radius 1 is 0.707 bits per heavy atom. The molecule has 18 nitrogen and oxygen atoms in total. The fourth-order valence-corrected chi connectivity index (χ4v) is 6.64. The summed E-state index contributed by atoms with van der Waals surface area (Å²) in [5.41, 5.74) is 5.47. The first kappa shape index (κ1) is 54.0. The topological polar surface area (TPSA) is 333 Å². The predicted molar refractivity (Wildman–Crippen MR) is 211 cm³/mol. The molecule has 1 heterocycles. The summed E-state index contributed by atoms with van der Waals surface area (Å²) in [4.78, 5) is 24.4. The van der Waals surface area contributed by atoms with Gasteiger partial charge in [-0.25, -0.2) is 0 Å². The van der Waals surface area contributed by atoms with Crippen molar-refractivity contribution in [2.45, 2.75) is 203 Å². The number of aliphatic hydroxyl groups is 12. The maximum atomic E-state index is 12.9. The van der Waals surface area contributed by atoms with Gasteiger partial charge in [-0.3, -0.25) is 9.59 Å². The van der Waals surface area contributed by atoms with Crippen LogP contribution in [-0.2, 0) is 19.1 Å². The summed E-state index contributed by atoms with van der Waals surface area (Å²) in [7, 11) is 0. The van der Waals surface area contributed by atoms with Gasteiger partial charge in [0.15, 0.2) is 6.29 Å². The van der Waals surface area contributed by atoms with Crippen LogP contribution in [0.1, 0.15) is 105 Å². The number of carbonyl (C=O) groups is 2. The molecule has 0 radical (unpaired) electrons. The Hall–Kier alpha value is -1.98. The molecule has 0 aromatic carbocycles. The van der Waals surface area contributed by atoms with E-state index >= 15 is 0 Å². The van der Waals surface area contributed by atoms with Crippen LogP contribution in [0, 0.1) is 5.92 Å². The number of Topliss-reactive ketones (excluding diaryl/α,β-unsaturated/α-hetero) is 1. The molecule has 58 heavy (non-hydrogen) atoms. The maximum Gasteiger partial charge on any atom is 0.236 e. The van der Waals surface area contributed by atoms with Gasteiger partial charge in [0.05, 0.1) is 73.2 Å². The molecule has 17 atom stereocenters. The van der Waals surface area contributed by atoms with E-state index in [9.17, 15) is 70.9 Å². The van der Waals surface area contributed by atoms with Crippen LogP contribution >= 0.6 is 0 Å². The van der Waals surface area contributed by atoms with Gasteiger partial charge in [-0.2, -0.15) is 0 Å². The molecule has 0 spiro atoms. The van der Waals surface area contributed by atoms with Crippen molar-refractivity contribution in [2.75, 3.05) is 6.54 Å². The van der Waals surface area contributed by atoms with Gasteiger partial charge >= 0.3 is 0 Å². The van der Waals surface area contributed by atoms with Crippen LogP contribution in [0.15, 0.2) is 24.3 Å². The average molecular weight is 839 g/mol. The Morgan fingerprint density at radius 3 is 1.71 bits per heavy atom. The van der Waals surface area contributed by atoms with Crippen molar-refractivity contribution >= 4 is 11.7 Å². The summed E-state index contributed by atoms with van der Waals surface area (Å²) in [6.45, 7) is 6.78. The molecule has 0 saturated carbocycles. The Morgan fingerprint density at radius 2 is 1.19 bits per heavy atom. The number of ketones is 1. The lowest BCUT2D eigenvalue weighted by Gasteiger charge is -2.40. The van der Waals surface area contributed by atoms with Crippen molar-refractivity contribution in [3.05, 3.63) is 24.3 Å². The predicted octanol–water partition coefficient (Wildman–Crippen LogP) is -2.07. The third kappa shape index (κ3) is 22.0. The highest BCUT2D eigenvalue weighted by molar-refractivity contribution is 5.81. The molecule has 1 amide bonds. The van der Waals surface area contributed by atoms with Crippen molar-refractivity contribution in [1.82, 2.24) is 5.32 Å². The summed E-state index contributed by atoms with van der Waals surface area (Å²) in [6.07, 6.45) is -10.3. The average Bonchev–Trinajstić information content (AvgIpc) is 3.12. The number of amides is 1. The van der Waals surface area contributed by atoms with E-state index in [-0.39, 0.29) is 69.5 Å². The number of hydrogen-bond donors (Lipinski definition) is 14. The molecule has 1 aliphatic rings. The number of carbonyl (C=O) groups excluding carboxylic acids is 2. The summed E-state index contributed by atoms with van der Waals surface area (Å²) < 4.78 is 11.2. The van der Waals surface area contributed by atoms with Gasteiger partial charge in [-0.1, -0.05) is 38.2 Å². The minimum absolute atomic E-state index is 0.0455. The SMILES string of the molecule is CCC(OC1OC(C)C(O)C(O)C1O)C(C)C(=O)CC(O)CC(O)CC(O)C=CCC(O)CC(O)CC(O)CC(O)C=CCC(O)CC(O)CCCNC(=O)C(C)N. The molecular formula is C40H74N2O16. The van der Waals surface area contributed by atoms with E-state index in [1.807, 2.05) is 0 Å². The monoisotopic (exact) mass is 839 g/mol. The second-order valence-corrected chi connectivity index (χ2v) is 15.9. The largest absolute Gasteiger partial charge is 0.393 e. The van der Waals surface area contributed by atoms with E-state index in [1.54, 1.807) is 20.8 Å². The summed E-state index contributed by atoms with van der Waals surface area (Å²) >= 11 is 0. The molecule has 1 fully saturated rings. The van der Waals surface area contributed by atoms with E-state index < -0.39 is 104 Å². The summed E-state index contributed by atoms with van der Waals surface area (Å²) in [5.74, 6) is -1.40. The number of rotatable bonds is 30. The van der Waals surface area contributed by atoms with E-state index in [1.165, 1.54) is 31.2 Å². The number of ether oxygens (including phenoxy) is 2.